The highest BCUT2D eigenvalue weighted by molar-refractivity contribution is 5.08. The van der Waals surface area contributed by atoms with Gasteiger partial charge in [-0.2, -0.15) is 0 Å². The molecule has 3 N–H and O–H groups in total. The second-order valence-electron chi connectivity index (χ2n) is 3.84. The van der Waals surface area contributed by atoms with Gasteiger partial charge in [0.1, 0.15) is 5.60 Å². The zero-order valence-electron chi connectivity index (χ0n) is 7.08. The van der Waals surface area contributed by atoms with Gasteiger partial charge in [0, 0.05) is 6.61 Å². The molecule has 0 aromatic heterocycles. The fourth-order valence-electron chi connectivity index (χ4n) is 1.77. The molecular weight excluding hydrogens is 158 g/mol. The first-order valence-corrected chi connectivity index (χ1v) is 4.33. The summed E-state index contributed by atoms with van der Waals surface area (Å²) < 4.78 is 10.2. The number of nitrogens with two attached hydrogens (primary N) is 1. The van der Waals surface area contributed by atoms with E-state index in [1.807, 2.05) is 0 Å². The van der Waals surface area contributed by atoms with Crippen LogP contribution >= 0.6 is 0 Å². The molecule has 4 nitrogen and oxygen atoms in total. The van der Waals surface area contributed by atoms with Gasteiger partial charge >= 0.3 is 0 Å². The van der Waals surface area contributed by atoms with Crippen LogP contribution < -0.4 is 5.73 Å². The third kappa shape index (κ3) is 1.07. The van der Waals surface area contributed by atoms with Gasteiger partial charge in [-0.25, -0.2) is 0 Å². The van der Waals surface area contributed by atoms with Gasteiger partial charge in [0.2, 0.25) is 0 Å². The van der Waals surface area contributed by atoms with E-state index in [9.17, 15) is 5.11 Å². The molecule has 0 aromatic rings. The van der Waals surface area contributed by atoms with E-state index >= 15 is 0 Å². The van der Waals surface area contributed by atoms with E-state index in [4.69, 9.17) is 15.2 Å². The molecule has 0 saturated carbocycles. The first kappa shape index (κ1) is 8.44. The van der Waals surface area contributed by atoms with Gasteiger partial charge in [0.25, 0.3) is 0 Å². The molecule has 2 saturated heterocycles. The van der Waals surface area contributed by atoms with Crippen LogP contribution in [0, 0.1) is 0 Å². The number of aliphatic hydroxyl groups is 1. The molecule has 4 heteroatoms. The van der Waals surface area contributed by atoms with E-state index in [-0.39, 0.29) is 0 Å². The van der Waals surface area contributed by atoms with Gasteiger partial charge < -0.3 is 20.3 Å². The van der Waals surface area contributed by atoms with Crippen molar-refractivity contribution in [2.45, 2.75) is 24.0 Å². The van der Waals surface area contributed by atoms with E-state index in [0.29, 0.717) is 19.8 Å². The Bertz CT molecular complexity index is 173. The van der Waals surface area contributed by atoms with E-state index in [2.05, 4.69) is 0 Å². The average molecular weight is 173 g/mol. The number of hydrogen-bond acceptors (Lipinski definition) is 4. The van der Waals surface area contributed by atoms with Gasteiger partial charge in [-0.05, 0) is 12.8 Å². The van der Waals surface area contributed by atoms with Crippen LogP contribution in [0.4, 0.5) is 0 Å². The topological polar surface area (TPSA) is 64.7 Å². The van der Waals surface area contributed by atoms with Gasteiger partial charge in [-0.3, -0.25) is 0 Å². The van der Waals surface area contributed by atoms with Crippen molar-refractivity contribution in [3.63, 3.8) is 0 Å². The smallest absolute Gasteiger partial charge is 0.131 e. The lowest BCUT2D eigenvalue weighted by molar-refractivity contribution is -0.231. The molecule has 0 aromatic carbocycles. The van der Waals surface area contributed by atoms with Crippen LogP contribution in [-0.2, 0) is 9.47 Å². The molecule has 2 heterocycles. The Morgan fingerprint density at radius 3 is 2.33 bits per heavy atom. The Kier molecular flexibility index (Phi) is 1.88. The lowest BCUT2D eigenvalue weighted by Crippen LogP contribution is -2.73. The van der Waals surface area contributed by atoms with E-state index in [1.165, 1.54) is 0 Å². The Balaban J connectivity index is 2.07. The summed E-state index contributed by atoms with van der Waals surface area (Å²) >= 11 is 0. The summed E-state index contributed by atoms with van der Waals surface area (Å²) in [6, 6.07) is 0. The van der Waals surface area contributed by atoms with Crippen molar-refractivity contribution in [2.24, 2.45) is 5.73 Å². The molecule has 2 aliphatic rings. The van der Waals surface area contributed by atoms with E-state index in [0.717, 1.165) is 19.4 Å². The SMILES string of the molecule is NC1(C2(O)COC2)CCCOC1. The van der Waals surface area contributed by atoms with Gasteiger partial charge in [0.05, 0.1) is 25.4 Å². The second kappa shape index (κ2) is 2.67. The van der Waals surface area contributed by atoms with Gasteiger partial charge in [-0.15, -0.1) is 0 Å². The molecule has 0 radical (unpaired) electrons. The third-order valence-corrected chi connectivity index (χ3v) is 2.88. The lowest BCUT2D eigenvalue weighted by atomic mass is 9.75. The molecule has 0 bridgehead atoms. The molecule has 2 aliphatic heterocycles. The minimum Gasteiger partial charge on any atom is -0.383 e. The third-order valence-electron chi connectivity index (χ3n) is 2.88. The molecule has 1 atom stereocenters. The average Bonchev–Trinajstić information content (AvgIpc) is 2.01. The minimum atomic E-state index is -0.840. The van der Waals surface area contributed by atoms with Crippen molar-refractivity contribution in [2.75, 3.05) is 26.4 Å². The Hall–Kier alpha value is -0.160. The molecule has 2 rings (SSSR count). The van der Waals surface area contributed by atoms with Crippen LogP contribution in [0.3, 0.4) is 0 Å². The van der Waals surface area contributed by atoms with Crippen molar-refractivity contribution in [3.8, 4) is 0 Å². The van der Waals surface area contributed by atoms with E-state index in [1.54, 1.807) is 0 Å². The van der Waals surface area contributed by atoms with Crippen LogP contribution in [0.2, 0.25) is 0 Å². The molecular formula is C8H15NO3. The van der Waals surface area contributed by atoms with Gasteiger partial charge in [0.15, 0.2) is 0 Å². The maximum absolute atomic E-state index is 9.96. The Morgan fingerprint density at radius 1 is 1.17 bits per heavy atom. The summed E-state index contributed by atoms with van der Waals surface area (Å²) in [5.74, 6) is 0. The molecule has 0 aliphatic carbocycles. The zero-order valence-corrected chi connectivity index (χ0v) is 7.08. The summed E-state index contributed by atoms with van der Waals surface area (Å²) in [6.07, 6.45) is 1.76. The molecule has 2 fully saturated rings. The summed E-state index contributed by atoms with van der Waals surface area (Å²) in [4.78, 5) is 0. The highest BCUT2D eigenvalue weighted by atomic mass is 16.5. The number of hydrogen-bond donors (Lipinski definition) is 2. The normalized spacial score (nSPS) is 40.5. The summed E-state index contributed by atoms with van der Waals surface area (Å²) in [6.45, 7) is 1.92. The summed E-state index contributed by atoms with van der Waals surface area (Å²) in [5.41, 5.74) is 4.62. The Morgan fingerprint density at radius 2 is 1.92 bits per heavy atom. The summed E-state index contributed by atoms with van der Waals surface area (Å²) in [5, 5.41) is 9.96. The predicted octanol–water partition coefficient (Wildman–Crippen LogP) is -0.744. The predicted molar refractivity (Wildman–Crippen MR) is 42.7 cm³/mol. The molecule has 1 unspecified atom stereocenters. The molecule has 12 heavy (non-hydrogen) atoms. The number of ether oxygens (including phenoxy) is 2. The molecule has 0 amide bonds. The largest absolute Gasteiger partial charge is 0.383 e. The maximum Gasteiger partial charge on any atom is 0.131 e. The Labute approximate surface area is 71.6 Å². The van der Waals surface area contributed by atoms with Gasteiger partial charge in [-0.1, -0.05) is 0 Å². The quantitative estimate of drug-likeness (QED) is 0.548. The van der Waals surface area contributed by atoms with E-state index < -0.39 is 11.1 Å². The van der Waals surface area contributed by atoms with Crippen LogP contribution in [0.1, 0.15) is 12.8 Å². The van der Waals surface area contributed by atoms with Crippen molar-refractivity contribution in [3.05, 3.63) is 0 Å². The molecule has 0 spiro atoms. The fraction of sp³-hybridized carbons (Fsp3) is 1.00. The van der Waals surface area contributed by atoms with Crippen LogP contribution in [0.15, 0.2) is 0 Å². The standard InChI is InChI=1S/C8H15NO3/c9-7(2-1-3-11-4-7)8(10)5-12-6-8/h10H,1-6,9H2. The number of rotatable bonds is 1. The van der Waals surface area contributed by atoms with Crippen LogP contribution in [-0.4, -0.2) is 42.7 Å². The highest BCUT2D eigenvalue weighted by Crippen LogP contribution is 2.33. The van der Waals surface area contributed by atoms with Crippen molar-refractivity contribution in [1.29, 1.82) is 0 Å². The van der Waals surface area contributed by atoms with Crippen molar-refractivity contribution >= 4 is 0 Å². The minimum absolute atomic E-state index is 0.354. The first-order valence-electron chi connectivity index (χ1n) is 4.33. The highest BCUT2D eigenvalue weighted by Gasteiger charge is 2.53. The first-order chi connectivity index (χ1) is 5.66. The zero-order chi connectivity index (χ0) is 8.66. The maximum atomic E-state index is 9.96. The van der Waals surface area contributed by atoms with Crippen LogP contribution in [0.5, 0.6) is 0 Å². The summed E-state index contributed by atoms with van der Waals surface area (Å²) in [7, 11) is 0. The van der Waals surface area contributed by atoms with Crippen molar-refractivity contribution < 1.29 is 14.6 Å². The second-order valence-corrected chi connectivity index (χ2v) is 3.84. The fourth-order valence-corrected chi connectivity index (χ4v) is 1.77. The molecule has 70 valence electrons. The monoisotopic (exact) mass is 173 g/mol. The van der Waals surface area contributed by atoms with Crippen molar-refractivity contribution in [1.82, 2.24) is 0 Å². The van der Waals surface area contributed by atoms with Crippen LogP contribution in [0.25, 0.3) is 0 Å². The lowest BCUT2D eigenvalue weighted by Gasteiger charge is -2.51.